The standard InChI is InChI=1S/C16H16FNO/c17-15-6-2-1-5-14(15)16(19)13-9-7-12(8-10-13)4-3-11-18/h1-2,5-10H,3-4,11,18H2. The Kier molecular flexibility index (Phi) is 4.42. The van der Waals surface area contributed by atoms with Crippen LogP contribution in [0.1, 0.15) is 27.9 Å². The summed E-state index contributed by atoms with van der Waals surface area (Å²) in [7, 11) is 0. The Morgan fingerprint density at radius 3 is 2.37 bits per heavy atom. The molecule has 2 aromatic rings. The monoisotopic (exact) mass is 257 g/mol. The van der Waals surface area contributed by atoms with E-state index in [4.69, 9.17) is 5.73 Å². The van der Waals surface area contributed by atoms with Crippen molar-refractivity contribution in [2.45, 2.75) is 12.8 Å². The molecule has 2 aromatic carbocycles. The van der Waals surface area contributed by atoms with Crippen LogP contribution in [0.25, 0.3) is 0 Å². The third-order valence-electron chi connectivity index (χ3n) is 3.00. The summed E-state index contributed by atoms with van der Waals surface area (Å²) in [5.74, 6) is -0.775. The first kappa shape index (κ1) is 13.4. The summed E-state index contributed by atoms with van der Waals surface area (Å²) >= 11 is 0. The predicted molar refractivity (Wildman–Crippen MR) is 73.6 cm³/mol. The molecule has 0 bridgehead atoms. The van der Waals surface area contributed by atoms with Crippen LogP contribution >= 0.6 is 0 Å². The molecule has 98 valence electrons. The fourth-order valence-corrected chi connectivity index (χ4v) is 1.93. The van der Waals surface area contributed by atoms with E-state index in [0.29, 0.717) is 12.1 Å². The van der Waals surface area contributed by atoms with Gasteiger partial charge in [-0.25, -0.2) is 4.39 Å². The van der Waals surface area contributed by atoms with Crippen molar-refractivity contribution in [2.75, 3.05) is 6.54 Å². The fraction of sp³-hybridized carbons (Fsp3) is 0.188. The van der Waals surface area contributed by atoms with Crippen LogP contribution in [0.2, 0.25) is 0 Å². The molecule has 0 unspecified atom stereocenters. The van der Waals surface area contributed by atoms with Crippen LogP contribution < -0.4 is 5.73 Å². The Hall–Kier alpha value is -2.00. The summed E-state index contributed by atoms with van der Waals surface area (Å²) in [6.45, 7) is 0.649. The molecule has 2 rings (SSSR count). The number of carbonyl (C=O) groups is 1. The van der Waals surface area contributed by atoms with Gasteiger partial charge in [-0.05, 0) is 37.1 Å². The van der Waals surface area contributed by atoms with Gasteiger partial charge in [-0.2, -0.15) is 0 Å². The van der Waals surface area contributed by atoms with Gasteiger partial charge >= 0.3 is 0 Å². The van der Waals surface area contributed by atoms with E-state index in [1.165, 1.54) is 12.1 Å². The number of carbonyl (C=O) groups excluding carboxylic acids is 1. The minimum absolute atomic E-state index is 0.109. The average molecular weight is 257 g/mol. The zero-order valence-electron chi connectivity index (χ0n) is 10.6. The first-order chi connectivity index (χ1) is 9.22. The smallest absolute Gasteiger partial charge is 0.195 e. The second kappa shape index (κ2) is 6.25. The van der Waals surface area contributed by atoms with Crippen molar-refractivity contribution in [1.82, 2.24) is 0 Å². The predicted octanol–water partition coefficient (Wildman–Crippen LogP) is 2.95. The number of aryl methyl sites for hydroxylation is 1. The molecule has 0 heterocycles. The van der Waals surface area contributed by atoms with Gasteiger partial charge in [0.15, 0.2) is 5.78 Å². The number of rotatable bonds is 5. The second-order valence-electron chi connectivity index (χ2n) is 4.40. The minimum Gasteiger partial charge on any atom is -0.330 e. The van der Waals surface area contributed by atoms with Gasteiger partial charge in [0, 0.05) is 5.56 Å². The largest absolute Gasteiger partial charge is 0.330 e. The first-order valence-electron chi connectivity index (χ1n) is 6.30. The van der Waals surface area contributed by atoms with Crippen molar-refractivity contribution in [3.05, 3.63) is 71.0 Å². The third kappa shape index (κ3) is 3.26. The SMILES string of the molecule is NCCCc1ccc(C(=O)c2ccccc2F)cc1. The lowest BCUT2D eigenvalue weighted by Crippen LogP contribution is -2.04. The van der Waals surface area contributed by atoms with Crippen LogP contribution in [0.5, 0.6) is 0 Å². The zero-order chi connectivity index (χ0) is 13.7. The van der Waals surface area contributed by atoms with E-state index in [9.17, 15) is 9.18 Å². The molecule has 0 spiro atoms. The first-order valence-corrected chi connectivity index (χ1v) is 6.30. The molecule has 0 aliphatic heterocycles. The summed E-state index contributed by atoms with van der Waals surface area (Å²) in [6, 6.07) is 13.3. The molecule has 2 N–H and O–H groups in total. The van der Waals surface area contributed by atoms with E-state index in [1.807, 2.05) is 12.1 Å². The average Bonchev–Trinajstić information content (AvgIpc) is 2.45. The maximum absolute atomic E-state index is 13.5. The number of benzene rings is 2. The summed E-state index contributed by atoms with van der Waals surface area (Å²) < 4.78 is 13.5. The van der Waals surface area contributed by atoms with Crippen LogP contribution in [-0.4, -0.2) is 12.3 Å². The van der Waals surface area contributed by atoms with E-state index < -0.39 is 5.82 Å². The van der Waals surface area contributed by atoms with Crippen LogP contribution in [-0.2, 0) is 6.42 Å². The summed E-state index contributed by atoms with van der Waals surface area (Å²) in [4.78, 5) is 12.1. The Balaban J connectivity index is 2.18. The Morgan fingerprint density at radius 1 is 1.05 bits per heavy atom. The maximum atomic E-state index is 13.5. The van der Waals surface area contributed by atoms with Crippen molar-refractivity contribution in [3.63, 3.8) is 0 Å². The van der Waals surface area contributed by atoms with Crippen LogP contribution in [0.3, 0.4) is 0 Å². The lowest BCUT2D eigenvalue weighted by molar-refractivity contribution is 0.103. The maximum Gasteiger partial charge on any atom is 0.195 e. The lowest BCUT2D eigenvalue weighted by Gasteiger charge is -2.04. The highest BCUT2D eigenvalue weighted by Gasteiger charge is 2.12. The van der Waals surface area contributed by atoms with Gasteiger partial charge in [0.25, 0.3) is 0 Å². The van der Waals surface area contributed by atoms with E-state index in [-0.39, 0.29) is 11.3 Å². The molecule has 19 heavy (non-hydrogen) atoms. The summed E-state index contributed by atoms with van der Waals surface area (Å²) in [5.41, 5.74) is 7.20. The van der Waals surface area contributed by atoms with E-state index in [2.05, 4.69) is 0 Å². The van der Waals surface area contributed by atoms with E-state index in [0.717, 1.165) is 18.4 Å². The second-order valence-corrected chi connectivity index (χ2v) is 4.40. The van der Waals surface area contributed by atoms with E-state index >= 15 is 0 Å². The van der Waals surface area contributed by atoms with Crippen molar-refractivity contribution in [2.24, 2.45) is 5.73 Å². The number of halogens is 1. The Morgan fingerprint density at radius 2 is 1.74 bits per heavy atom. The van der Waals surface area contributed by atoms with Crippen molar-refractivity contribution in [3.8, 4) is 0 Å². The molecule has 0 saturated heterocycles. The van der Waals surface area contributed by atoms with Crippen LogP contribution in [0.4, 0.5) is 4.39 Å². The molecule has 0 aliphatic carbocycles. The highest BCUT2D eigenvalue weighted by Crippen LogP contribution is 2.14. The van der Waals surface area contributed by atoms with Crippen molar-refractivity contribution in [1.29, 1.82) is 0 Å². The summed E-state index contributed by atoms with van der Waals surface area (Å²) in [6.07, 6.45) is 1.81. The molecular formula is C16H16FNO. The van der Waals surface area contributed by atoms with Gasteiger partial charge in [0.1, 0.15) is 5.82 Å². The zero-order valence-corrected chi connectivity index (χ0v) is 10.6. The van der Waals surface area contributed by atoms with Gasteiger partial charge in [-0.3, -0.25) is 4.79 Å². The molecular weight excluding hydrogens is 241 g/mol. The highest BCUT2D eigenvalue weighted by atomic mass is 19.1. The molecule has 0 fully saturated rings. The molecule has 0 saturated carbocycles. The van der Waals surface area contributed by atoms with Gasteiger partial charge in [0.2, 0.25) is 0 Å². The van der Waals surface area contributed by atoms with Crippen LogP contribution in [0, 0.1) is 5.82 Å². The minimum atomic E-state index is -0.486. The Bertz CT molecular complexity index is 563. The number of hydrogen-bond acceptors (Lipinski definition) is 2. The highest BCUT2D eigenvalue weighted by molar-refractivity contribution is 6.09. The van der Waals surface area contributed by atoms with Gasteiger partial charge in [-0.1, -0.05) is 36.4 Å². The van der Waals surface area contributed by atoms with Gasteiger partial charge in [0.05, 0.1) is 5.56 Å². The quantitative estimate of drug-likeness (QED) is 0.837. The molecule has 0 amide bonds. The van der Waals surface area contributed by atoms with Crippen LogP contribution in [0.15, 0.2) is 48.5 Å². The Labute approximate surface area is 112 Å². The molecule has 0 aliphatic rings. The molecule has 0 radical (unpaired) electrons. The number of ketones is 1. The van der Waals surface area contributed by atoms with Crippen molar-refractivity contribution < 1.29 is 9.18 Å². The third-order valence-corrected chi connectivity index (χ3v) is 3.00. The topological polar surface area (TPSA) is 43.1 Å². The van der Waals surface area contributed by atoms with Crippen molar-refractivity contribution >= 4 is 5.78 Å². The van der Waals surface area contributed by atoms with Gasteiger partial charge < -0.3 is 5.73 Å². The lowest BCUT2D eigenvalue weighted by atomic mass is 10.0. The van der Waals surface area contributed by atoms with E-state index in [1.54, 1.807) is 24.3 Å². The molecule has 2 nitrogen and oxygen atoms in total. The normalized spacial score (nSPS) is 10.4. The molecule has 0 atom stereocenters. The molecule has 3 heteroatoms. The summed E-state index contributed by atoms with van der Waals surface area (Å²) in [5, 5.41) is 0. The molecule has 0 aromatic heterocycles. The number of hydrogen-bond donors (Lipinski definition) is 1. The van der Waals surface area contributed by atoms with Gasteiger partial charge in [-0.15, -0.1) is 0 Å². The number of nitrogens with two attached hydrogens (primary N) is 1. The fourth-order valence-electron chi connectivity index (χ4n) is 1.93.